The summed E-state index contributed by atoms with van der Waals surface area (Å²) < 4.78 is 0.893. The van der Waals surface area contributed by atoms with Gasteiger partial charge in [-0.25, -0.2) is 4.98 Å². The van der Waals surface area contributed by atoms with Crippen LogP contribution in [-0.4, -0.2) is 10.9 Å². The van der Waals surface area contributed by atoms with Gasteiger partial charge in [0.1, 0.15) is 5.82 Å². The minimum absolute atomic E-state index is 0.0950. The summed E-state index contributed by atoms with van der Waals surface area (Å²) in [6.07, 6.45) is 2.51. The van der Waals surface area contributed by atoms with E-state index in [1.807, 2.05) is 24.4 Å². The molecule has 2 aromatic heterocycles. The highest BCUT2D eigenvalue weighted by molar-refractivity contribution is 9.10. The molecule has 0 aliphatic carbocycles. The third-order valence-corrected chi connectivity index (χ3v) is 3.75. The van der Waals surface area contributed by atoms with Crippen molar-refractivity contribution in [1.29, 1.82) is 0 Å². The van der Waals surface area contributed by atoms with Crippen molar-refractivity contribution in [3.05, 3.63) is 44.7 Å². The number of hydrogen-bond donors (Lipinski definition) is 1. The molecule has 88 valence electrons. The molecular formula is C12H11BrN2OS. The summed E-state index contributed by atoms with van der Waals surface area (Å²) in [6, 6.07) is 5.57. The smallest absolute Gasteiger partial charge is 0.267 e. The SMILES string of the molecule is CCc1ccsc1C(=O)Nc1cc(Br)ccn1. The first-order chi connectivity index (χ1) is 8.20. The Balaban J connectivity index is 2.17. The van der Waals surface area contributed by atoms with Gasteiger partial charge in [-0.2, -0.15) is 0 Å². The number of thiophene rings is 1. The first-order valence-corrected chi connectivity index (χ1v) is 6.87. The molecule has 0 spiro atoms. The van der Waals surface area contributed by atoms with Crippen molar-refractivity contribution in [1.82, 2.24) is 4.98 Å². The highest BCUT2D eigenvalue weighted by atomic mass is 79.9. The van der Waals surface area contributed by atoms with E-state index in [0.29, 0.717) is 5.82 Å². The van der Waals surface area contributed by atoms with Crippen molar-refractivity contribution in [2.75, 3.05) is 5.32 Å². The molecule has 0 fully saturated rings. The Morgan fingerprint density at radius 1 is 1.53 bits per heavy atom. The second-order valence-electron chi connectivity index (χ2n) is 3.44. The average molecular weight is 311 g/mol. The Kier molecular flexibility index (Phi) is 3.91. The van der Waals surface area contributed by atoms with E-state index in [4.69, 9.17) is 0 Å². The molecule has 1 amide bonds. The summed E-state index contributed by atoms with van der Waals surface area (Å²) in [7, 11) is 0. The average Bonchev–Trinajstić information content (AvgIpc) is 2.77. The molecule has 3 nitrogen and oxygen atoms in total. The summed E-state index contributed by atoms with van der Waals surface area (Å²) >= 11 is 4.79. The molecule has 0 aromatic carbocycles. The number of rotatable bonds is 3. The summed E-state index contributed by atoms with van der Waals surface area (Å²) in [5.41, 5.74) is 1.07. The number of hydrogen-bond acceptors (Lipinski definition) is 3. The van der Waals surface area contributed by atoms with Crippen LogP contribution in [0.5, 0.6) is 0 Å². The van der Waals surface area contributed by atoms with Gasteiger partial charge < -0.3 is 5.32 Å². The van der Waals surface area contributed by atoms with Gasteiger partial charge in [-0.15, -0.1) is 11.3 Å². The monoisotopic (exact) mass is 310 g/mol. The van der Waals surface area contributed by atoms with Gasteiger partial charge >= 0.3 is 0 Å². The molecule has 2 aromatic rings. The molecule has 2 rings (SSSR count). The highest BCUT2D eigenvalue weighted by Gasteiger charge is 2.12. The molecule has 0 radical (unpaired) electrons. The minimum Gasteiger partial charge on any atom is -0.306 e. The van der Waals surface area contributed by atoms with Crippen molar-refractivity contribution >= 4 is 39.0 Å². The molecule has 0 atom stereocenters. The second-order valence-corrected chi connectivity index (χ2v) is 5.27. The molecular weight excluding hydrogens is 300 g/mol. The molecule has 5 heteroatoms. The Morgan fingerprint density at radius 3 is 3.06 bits per heavy atom. The number of nitrogens with one attached hydrogen (secondary N) is 1. The van der Waals surface area contributed by atoms with Gasteiger partial charge in [0.15, 0.2) is 0 Å². The number of amides is 1. The summed E-state index contributed by atoms with van der Waals surface area (Å²) in [4.78, 5) is 16.9. The van der Waals surface area contributed by atoms with Crippen LogP contribution in [0.3, 0.4) is 0 Å². The lowest BCUT2D eigenvalue weighted by atomic mass is 10.2. The van der Waals surface area contributed by atoms with Gasteiger partial charge in [-0.1, -0.05) is 22.9 Å². The van der Waals surface area contributed by atoms with Crippen LogP contribution in [0.4, 0.5) is 5.82 Å². The zero-order valence-electron chi connectivity index (χ0n) is 9.24. The third kappa shape index (κ3) is 2.92. The van der Waals surface area contributed by atoms with Crippen LogP contribution >= 0.6 is 27.3 Å². The van der Waals surface area contributed by atoms with Crippen LogP contribution < -0.4 is 5.32 Å². The fourth-order valence-corrected chi connectivity index (χ4v) is 2.68. The van der Waals surface area contributed by atoms with Crippen molar-refractivity contribution in [3.8, 4) is 0 Å². The molecule has 0 aliphatic rings. The lowest BCUT2D eigenvalue weighted by Crippen LogP contribution is -2.12. The number of nitrogens with zero attached hydrogens (tertiary/aromatic N) is 1. The Morgan fingerprint density at radius 2 is 2.35 bits per heavy atom. The van der Waals surface area contributed by atoms with Crippen molar-refractivity contribution < 1.29 is 4.79 Å². The largest absolute Gasteiger partial charge is 0.306 e. The van der Waals surface area contributed by atoms with Crippen LogP contribution in [0.25, 0.3) is 0 Å². The zero-order chi connectivity index (χ0) is 12.3. The molecule has 0 saturated heterocycles. The van der Waals surface area contributed by atoms with Crippen LogP contribution in [-0.2, 0) is 6.42 Å². The lowest BCUT2D eigenvalue weighted by molar-refractivity contribution is 0.102. The topological polar surface area (TPSA) is 42.0 Å². The molecule has 1 N–H and O–H groups in total. The summed E-state index contributed by atoms with van der Waals surface area (Å²) in [6.45, 7) is 2.04. The maximum atomic E-state index is 12.0. The molecule has 2 heterocycles. The van der Waals surface area contributed by atoms with Crippen LogP contribution in [0.2, 0.25) is 0 Å². The van der Waals surface area contributed by atoms with Gasteiger partial charge in [-0.3, -0.25) is 4.79 Å². The normalized spacial score (nSPS) is 10.2. The number of pyridine rings is 1. The predicted molar refractivity (Wildman–Crippen MR) is 73.6 cm³/mol. The number of carbonyl (C=O) groups excluding carboxylic acids is 1. The van der Waals surface area contributed by atoms with E-state index in [0.717, 1.165) is 21.3 Å². The minimum atomic E-state index is -0.0950. The van der Waals surface area contributed by atoms with Gasteiger partial charge in [-0.05, 0) is 35.6 Å². The number of anilines is 1. The predicted octanol–water partition coefficient (Wildman–Crippen LogP) is 3.72. The number of carbonyl (C=O) groups is 1. The first kappa shape index (κ1) is 12.3. The molecule has 0 saturated carbocycles. The van der Waals surface area contributed by atoms with E-state index < -0.39 is 0 Å². The van der Waals surface area contributed by atoms with E-state index in [-0.39, 0.29) is 5.91 Å². The zero-order valence-corrected chi connectivity index (χ0v) is 11.6. The van der Waals surface area contributed by atoms with Crippen molar-refractivity contribution in [2.24, 2.45) is 0 Å². The highest BCUT2D eigenvalue weighted by Crippen LogP contribution is 2.19. The number of halogens is 1. The van der Waals surface area contributed by atoms with Crippen LogP contribution in [0, 0.1) is 0 Å². The first-order valence-electron chi connectivity index (χ1n) is 5.20. The van der Waals surface area contributed by atoms with Gasteiger partial charge in [0.2, 0.25) is 0 Å². The molecule has 0 aliphatic heterocycles. The quantitative estimate of drug-likeness (QED) is 0.938. The maximum absolute atomic E-state index is 12.0. The Bertz CT molecular complexity index is 539. The van der Waals surface area contributed by atoms with E-state index >= 15 is 0 Å². The molecule has 0 bridgehead atoms. The van der Waals surface area contributed by atoms with Gasteiger partial charge in [0.05, 0.1) is 4.88 Å². The Labute approximate surface area is 112 Å². The van der Waals surface area contributed by atoms with Gasteiger partial charge in [0, 0.05) is 10.7 Å². The van der Waals surface area contributed by atoms with Crippen molar-refractivity contribution in [2.45, 2.75) is 13.3 Å². The number of aryl methyl sites for hydroxylation is 1. The third-order valence-electron chi connectivity index (χ3n) is 2.30. The van der Waals surface area contributed by atoms with Gasteiger partial charge in [0.25, 0.3) is 5.91 Å². The summed E-state index contributed by atoms with van der Waals surface area (Å²) in [5, 5.41) is 4.72. The second kappa shape index (κ2) is 5.42. The molecule has 17 heavy (non-hydrogen) atoms. The summed E-state index contributed by atoms with van der Waals surface area (Å²) in [5.74, 6) is 0.460. The molecule has 0 unspecified atom stereocenters. The standard InChI is InChI=1S/C12H11BrN2OS/c1-2-8-4-6-17-11(8)12(16)15-10-7-9(13)3-5-14-10/h3-7H,2H2,1H3,(H,14,15,16). The van der Waals surface area contributed by atoms with E-state index in [9.17, 15) is 4.79 Å². The van der Waals surface area contributed by atoms with Crippen LogP contribution in [0.1, 0.15) is 22.2 Å². The van der Waals surface area contributed by atoms with Crippen LogP contribution in [0.15, 0.2) is 34.2 Å². The van der Waals surface area contributed by atoms with Crippen molar-refractivity contribution in [3.63, 3.8) is 0 Å². The van der Waals surface area contributed by atoms with E-state index in [2.05, 4.69) is 26.2 Å². The number of aromatic nitrogens is 1. The lowest BCUT2D eigenvalue weighted by Gasteiger charge is -2.04. The fourth-order valence-electron chi connectivity index (χ4n) is 1.46. The fraction of sp³-hybridized carbons (Fsp3) is 0.167. The maximum Gasteiger partial charge on any atom is 0.267 e. The van der Waals surface area contributed by atoms with E-state index in [1.54, 1.807) is 12.3 Å². The Hall–Kier alpha value is -1.20. The van der Waals surface area contributed by atoms with E-state index in [1.165, 1.54) is 11.3 Å².